The number of halogens is 1. The van der Waals surface area contributed by atoms with Gasteiger partial charge in [0, 0.05) is 10.7 Å². The third-order valence-electron chi connectivity index (χ3n) is 4.97. The standard InChI is InChI=1S/C22H22ClNO3S/c1-13(2)17-7-6-14(3)20(12-17)24-16(5)15(4)21(22(24)25)28(26,27)19-10-8-18(23)9-11-19/h6-13H,5H2,1-4H3. The fourth-order valence-corrected chi connectivity index (χ4v) is 4.91. The largest absolute Gasteiger partial charge is 0.276 e. The second-order valence-corrected chi connectivity index (χ2v) is 9.52. The molecule has 0 radical (unpaired) electrons. The Morgan fingerprint density at radius 3 is 2.21 bits per heavy atom. The summed E-state index contributed by atoms with van der Waals surface area (Å²) >= 11 is 5.87. The van der Waals surface area contributed by atoms with Gasteiger partial charge in [-0.25, -0.2) is 8.42 Å². The van der Waals surface area contributed by atoms with E-state index < -0.39 is 15.7 Å². The molecule has 1 amide bonds. The van der Waals surface area contributed by atoms with E-state index in [-0.39, 0.29) is 15.7 Å². The Bertz CT molecular complexity index is 1110. The Morgan fingerprint density at radius 2 is 1.64 bits per heavy atom. The number of aryl methyl sites for hydroxylation is 1. The van der Waals surface area contributed by atoms with Crippen molar-refractivity contribution in [2.45, 2.75) is 38.5 Å². The molecule has 0 aliphatic carbocycles. The van der Waals surface area contributed by atoms with Gasteiger partial charge in [-0.1, -0.05) is 44.2 Å². The molecular weight excluding hydrogens is 394 g/mol. The Balaban J connectivity index is 2.11. The lowest BCUT2D eigenvalue weighted by Crippen LogP contribution is -2.28. The molecule has 6 heteroatoms. The van der Waals surface area contributed by atoms with Gasteiger partial charge in [0.2, 0.25) is 9.84 Å². The van der Waals surface area contributed by atoms with Gasteiger partial charge >= 0.3 is 0 Å². The lowest BCUT2D eigenvalue weighted by Gasteiger charge is -2.22. The summed E-state index contributed by atoms with van der Waals surface area (Å²) in [6, 6.07) is 11.7. The normalized spacial score (nSPS) is 15.1. The minimum absolute atomic E-state index is 0.0295. The van der Waals surface area contributed by atoms with Crippen LogP contribution < -0.4 is 4.90 Å². The van der Waals surface area contributed by atoms with Crippen LogP contribution in [0.3, 0.4) is 0 Å². The summed E-state index contributed by atoms with van der Waals surface area (Å²) in [6.45, 7) is 11.6. The van der Waals surface area contributed by atoms with Crippen LogP contribution in [0.1, 0.15) is 37.8 Å². The first-order valence-electron chi connectivity index (χ1n) is 8.91. The molecule has 0 atom stereocenters. The van der Waals surface area contributed by atoms with Crippen molar-refractivity contribution in [3.8, 4) is 0 Å². The fourth-order valence-electron chi connectivity index (χ4n) is 3.21. The number of hydrogen-bond acceptors (Lipinski definition) is 3. The lowest BCUT2D eigenvalue weighted by molar-refractivity contribution is -0.113. The predicted octanol–water partition coefficient (Wildman–Crippen LogP) is 5.38. The highest BCUT2D eigenvalue weighted by Crippen LogP contribution is 2.39. The molecule has 0 fully saturated rings. The van der Waals surface area contributed by atoms with Crippen molar-refractivity contribution in [1.82, 2.24) is 0 Å². The van der Waals surface area contributed by atoms with Gasteiger partial charge in [-0.2, -0.15) is 0 Å². The van der Waals surface area contributed by atoms with Crippen LogP contribution in [-0.4, -0.2) is 14.3 Å². The van der Waals surface area contributed by atoms with E-state index in [1.807, 2.05) is 25.1 Å². The van der Waals surface area contributed by atoms with E-state index in [1.54, 1.807) is 6.92 Å². The molecule has 2 aromatic rings. The van der Waals surface area contributed by atoms with E-state index in [2.05, 4.69) is 20.4 Å². The smallest absolute Gasteiger partial charge is 0.275 e. The number of allylic oxidation sites excluding steroid dienone is 1. The maximum Gasteiger partial charge on any atom is 0.275 e. The van der Waals surface area contributed by atoms with Crippen LogP contribution >= 0.6 is 11.6 Å². The zero-order chi connectivity index (χ0) is 20.8. The van der Waals surface area contributed by atoms with E-state index >= 15 is 0 Å². The van der Waals surface area contributed by atoms with Crippen LogP contribution in [0.25, 0.3) is 0 Å². The molecule has 0 unspecified atom stereocenters. The van der Waals surface area contributed by atoms with Gasteiger partial charge in [0.25, 0.3) is 5.91 Å². The van der Waals surface area contributed by atoms with Gasteiger partial charge in [0.1, 0.15) is 4.91 Å². The number of sulfone groups is 1. The number of amides is 1. The first kappa shape index (κ1) is 20.4. The molecule has 146 valence electrons. The first-order valence-corrected chi connectivity index (χ1v) is 10.8. The van der Waals surface area contributed by atoms with Crippen molar-refractivity contribution in [3.05, 3.63) is 81.4 Å². The quantitative estimate of drug-likeness (QED) is 0.673. The summed E-state index contributed by atoms with van der Waals surface area (Å²) < 4.78 is 26.3. The Morgan fingerprint density at radius 1 is 1.04 bits per heavy atom. The van der Waals surface area contributed by atoms with Gasteiger partial charge in [0.05, 0.1) is 10.6 Å². The summed E-state index contributed by atoms with van der Waals surface area (Å²) in [5.41, 5.74) is 3.32. The molecule has 2 aromatic carbocycles. The van der Waals surface area contributed by atoms with Crippen LogP contribution in [0.2, 0.25) is 5.02 Å². The number of rotatable bonds is 4. The molecule has 1 heterocycles. The monoisotopic (exact) mass is 415 g/mol. The highest BCUT2D eigenvalue weighted by Gasteiger charge is 2.41. The third kappa shape index (κ3) is 3.29. The molecule has 28 heavy (non-hydrogen) atoms. The minimum Gasteiger partial charge on any atom is -0.276 e. The first-order chi connectivity index (χ1) is 13.1. The molecule has 0 saturated heterocycles. The van der Waals surface area contributed by atoms with Crippen molar-refractivity contribution in [2.24, 2.45) is 0 Å². The number of carbonyl (C=O) groups is 1. The average molecular weight is 416 g/mol. The molecule has 1 aliphatic heterocycles. The molecule has 0 spiro atoms. The van der Waals surface area contributed by atoms with Gasteiger partial charge in [-0.3, -0.25) is 9.69 Å². The summed E-state index contributed by atoms with van der Waals surface area (Å²) in [5, 5.41) is 0.426. The van der Waals surface area contributed by atoms with Gasteiger partial charge in [0.15, 0.2) is 0 Å². The summed E-state index contributed by atoms with van der Waals surface area (Å²) in [6.07, 6.45) is 0. The van der Waals surface area contributed by atoms with Crippen molar-refractivity contribution in [2.75, 3.05) is 4.90 Å². The second kappa shape index (κ2) is 7.22. The predicted molar refractivity (Wildman–Crippen MR) is 113 cm³/mol. The molecule has 0 aromatic heterocycles. The van der Waals surface area contributed by atoms with Gasteiger partial charge in [-0.05, 0) is 66.8 Å². The maximum absolute atomic E-state index is 13.2. The Labute approximate surface area is 171 Å². The number of carbonyl (C=O) groups excluding carboxylic acids is 1. The molecule has 4 nitrogen and oxygen atoms in total. The van der Waals surface area contributed by atoms with E-state index in [0.717, 1.165) is 11.1 Å². The average Bonchev–Trinajstić information content (AvgIpc) is 2.85. The minimum atomic E-state index is -4.00. The zero-order valence-electron chi connectivity index (χ0n) is 16.3. The van der Waals surface area contributed by atoms with Gasteiger partial charge < -0.3 is 0 Å². The third-order valence-corrected chi connectivity index (χ3v) is 7.14. The van der Waals surface area contributed by atoms with Crippen molar-refractivity contribution < 1.29 is 13.2 Å². The SMILES string of the molecule is C=C1C(C)=C(S(=O)(=O)c2ccc(Cl)cc2)C(=O)N1c1cc(C(C)C)ccc1C. The van der Waals surface area contributed by atoms with E-state index in [0.29, 0.717) is 22.0 Å². The number of nitrogens with zero attached hydrogens (tertiary/aromatic N) is 1. The van der Waals surface area contributed by atoms with E-state index in [9.17, 15) is 13.2 Å². The molecule has 3 rings (SSSR count). The van der Waals surface area contributed by atoms with Crippen molar-refractivity contribution in [3.63, 3.8) is 0 Å². The van der Waals surface area contributed by atoms with Crippen molar-refractivity contribution >= 4 is 33.0 Å². The Kier molecular flexibility index (Phi) is 5.26. The summed E-state index contributed by atoms with van der Waals surface area (Å²) in [7, 11) is -4.00. The lowest BCUT2D eigenvalue weighted by atomic mass is 10.00. The second-order valence-electron chi connectivity index (χ2n) is 7.20. The van der Waals surface area contributed by atoms with E-state index in [4.69, 9.17) is 11.6 Å². The molecule has 0 saturated carbocycles. The molecule has 0 N–H and O–H groups in total. The topological polar surface area (TPSA) is 54.5 Å². The summed E-state index contributed by atoms with van der Waals surface area (Å²) in [4.78, 5) is 14.4. The number of anilines is 1. The van der Waals surface area contributed by atoms with E-state index in [1.165, 1.54) is 29.2 Å². The van der Waals surface area contributed by atoms with Gasteiger partial charge in [-0.15, -0.1) is 0 Å². The van der Waals surface area contributed by atoms with Crippen molar-refractivity contribution in [1.29, 1.82) is 0 Å². The maximum atomic E-state index is 13.2. The van der Waals surface area contributed by atoms with Crippen LogP contribution in [0.15, 0.2) is 70.1 Å². The van der Waals surface area contributed by atoms with Crippen LogP contribution in [0.5, 0.6) is 0 Å². The zero-order valence-corrected chi connectivity index (χ0v) is 17.9. The number of benzene rings is 2. The molecule has 1 aliphatic rings. The Hall–Kier alpha value is -2.37. The highest BCUT2D eigenvalue weighted by molar-refractivity contribution is 7.96. The van der Waals surface area contributed by atoms with Crippen LogP contribution in [0.4, 0.5) is 5.69 Å². The highest BCUT2D eigenvalue weighted by atomic mass is 35.5. The summed E-state index contributed by atoms with van der Waals surface area (Å²) in [5.74, 6) is -0.307. The fraction of sp³-hybridized carbons (Fsp3) is 0.227. The van der Waals surface area contributed by atoms with Crippen LogP contribution in [-0.2, 0) is 14.6 Å². The molecular formula is C22H22ClNO3S. The van der Waals surface area contributed by atoms with Crippen LogP contribution in [0, 0.1) is 6.92 Å². The molecule has 0 bridgehead atoms. The number of hydrogen-bond donors (Lipinski definition) is 0.